The fourth-order valence-electron chi connectivity index (χ4n) is 3.13. The van der Waals surface area contributed by atoms with Gasteiger partial charge in [-0.3, -0.25) is 0 Å². The highest BCUT2D eigenvalue weighted by Crippen LogP contribution is 2.37. The average Bonchev–Trinajstić information content (AvgIpc) is 2.56. The summed E-state index contributed by atoms with van der Waals surface area (Å²) < 4.78 is 11.3. The fourth-order valence-corrected chi connectivity index (χ4v) is 5.79. The van der Waals surface area contributed by atoms with Gasteiger partial charge in [-0.2, -0.15) is 0 Å². The average molecular weight is 349 g/mol. The molecule has 1 atom stereocenters. The van der Waals surface area contributed by atoms with Crippen molar-refractivity contribution in [3.63, 3.8) is 0 Å². The number of hydrogen-bond acceptors (Lipinski definition) is 3. The Bertz CT molecular complexity index is 541. The van der Waals surface area contributed by atoms with Gasteiger partial charge in [0.1, 0.15) is 11.4 Å². The number of rotatable bonds is 6. The summed E-state index contributed by atoms with van der Waals surface area (Å²) in [5.74, 6) is 1.01. The SMILES string of the molecule is CCC(C)c1ccc(OCC(=O)OC2(C)CC[Si](C)(C)CC2)cc1. The molecule has 0 saturated carbocycles. The van der Waals surface area contributed by atoms with Crippen molar-refractivity contribution in [2.75, 3.05) is 6.61 Å². The van der Waals surface area contributed by atoms with E-state index < -0.39 is 8.07 Å². The van der Waals surface area contributed by atoms with Crippen LogP contribution in [0.2, 0.25) is 25.2 Å². The minimum Gasteiger partial charge on any atom is -0.482 e. The van der Waals surface area contributed by atoms with Gasteiger partial charge in [0.25, 0.3) is 0 Å². The van der Waals surface area contributed by atoms with Crippen LogP contribution in [0.25, 0.3) is 0 Å². The molecule has 1 saturated heterocycles. The number of carbonyl (C=O) groups excluding carboxylic acids is 1. The van der Waals surface area contributed by atoms with E-state index in [0.29, 0.717) is 5.92 Å². The zero-order chi connectivity index (χ0) is 17.8. The van der Waals surface area contributed by atoms with Crippen LogP contribution in [0, 0.1) is 0 Å². The molecule has 2 rings (SSSR count). The van der Waals surface area contributed by atoms with Gasteiger partial charge in [0.15, 0.2) is 6.61 Å². The zero-order valence-corrected chi connectivity index (χ0v) is 16.9. The molecule has 3 nitrogen and oxygen atoms in total. The van der Waals surface area contributed by atoms with Gasteiger partial charge in [-0.15, -0.1) is 0 Å². The molecule has 0 aromatic heterocycles. The first-order valence-corrected chi connectivity index (χ1v) is 12.6. The van der Waals surface area contributed by atoms with Gasteiger partial charge in [-0.25, -0.2) is 4.79 Å². The van der Waals surface area contributed by atoms with E-state index in [2.05, 4.69) is 46.0 Å². The summed E-state index contributed by atoms with van der Waals surface area (Å²) in [6, 6.07) is 10.5. The van der Waals surface area contributed by atoms with Crippen LogP contribution < -0.4 is 4.74 Å². The lowest BCUT2D eigenvalue weighted by molar-refractivity contribution is -0.161. The monoisotopic (exact) mass is 348 g/mol. The molecule has 1 unspecified atom stereocenters. The highest BCUT2D eigenvalue weighted by molar-refractivity contribution is 6.77. The summed E-state index contributed by atoms with van der Waals surface area (Å²) in [7, 11) is -1.04. The lowest BCUT2D eigenvalue weighted by Gasteiger charge is -2.39. The lowest BCUT2D eigenvalue weighted by Crippen LogP contribution is -2.43. The second kappa shape index (κ2) is 7.73. The van der Waals surface area contributed by atoms with Crippen molar-refractivity contribution >= 4 is 14.0 Å². The topological polar surface area (TPSA) is 35.5 Å². The van der Waals surface area contributed by atoms with Gasteiger partial charge in [0.05, 0.1) is 0 Å². The minimum atomic E-state index is -1.04. The summed E-state index contributed by atoms with van der Waals surface area (Å²) in [5.41, 5.74) is 0.998. The number of ether oxygens (including phenoxy) is 2. The summed E-state index contributed by atoms with van der Waals surface area (Å²) in [4.78, 5) is 12.1. The molecule has 1 fully saturated rings. The van der Waals surface area contributed by atoms with Crippen LogP contribution in [-0.2, 0) is 9.53 Å². The molecule has 0 amide bonds. The second-order valence-electron chi connectivity index (χ2n) is 8.26. The molecular weight excluding hydrogens is 316 g/mol. The first-order valence-electron chi connectivity index (χ1n) is 9.18. The van der Waals surface area contributed by atoms with Gasteiger partial charge in [0, 0.05) is 8.07 Å². The second-order valence-corrected chi connectivity index (χ2v) is 13.6. The molecule has 0 spiro atoms. The maximum atomic E-state index is 12.1. The molecular formula is C20H32O3Si. The Hall–Kier alpha value is -1.29. The molecule has 24 heavy (non-hydrogen) atoms. The zero-order valence-electron chi connectivity index (χ0n) is 15.9. The largest absolute Gasteiger partial charge is 0.482 e. The van der Waals surface area contributed by atoms with E-state index in [9.17, 15) is 4.79 Å². The first-order chi connectivity index (χ1) is 11.2. The van der Waals surface area contributed by atoms with Gasteiger partial charge in [-0.1, -0.05) is 51.2 Å². The summed E-state index contributed by atoms with van der Waals surface area (Å²) >= 11 is 0. The maximum Gasteiger partial charge on any atom is 0.344 e. The van der Waals surface area contributed by atoms with E-state index in [0.717, 1.165) is 25.0 Å². The summed E-state index contributed by atoms with van der Waals surface area (Å²) in [6.07, 6.45) is 3.09. The minimum absolute atomic E-state index is 0.0148. The van der Waals surface area contributed by atoms with Crippen molar-refractivity contribution in [2.24, 2.45) is 0 Å². The smallest absolute Gasteiger partial charge is 0.344 e. The number of esters is 1. The third-order valence-electron chi connectivity index (χ3n) is 5.44. The molecule has 0 radical (unpaired) electrons. The van der Waals surface area contributed by atoms with Gasteiger partial charge in [-0.05, 0) is 49.8 Å². The highest BCUT2D eigenvalue weighted by atomic mass is 28.3. The number of benzene rings is 1. The predicted octanol–water partition coefficient (Wildman–Crippen LogP) is 5.38. The van der Waals surface area contributed by atoms with E-state index in [1.807, 2.05) is 12.1 Å². The Kier molecular flexibility index (Phi) is 6.13. The molecule has 0 bridgehead atoms. The molecule has 0 N–H and O–H groups in total. The maximum absolute atomic E-state index is 12.1. The Morgan fingerprint density at radius 2 is 1.79 bits per heavy atom. The summed E-state index contributed by atoms with van der Waals surface area (Å²) in [5, 5.41) is 0. The molecule has 0 aliphatic carbocycles. The number of hydrogen-bond donors (Lipinski definition) is 0. The summed E-state index contributed by atoms with van der Waals surface area (Å²) in [6.45, 7) is 11.3. The van der Waals surface area contributed by atoms with Crippen molar-refractivity contribution in [1.29, 1.82) is 0 Å². The van der Waals surface area contributed by atoms with E-state index >= 15 is 0 Å². The van der Waals surface area contributed by atoms with Gasteiger partial charge >= 0.3 is 5.97 Å². The predicted molar refractivity (Wildman–Crippen MR) is 101 cm³/mol. The number of carbonyl (C=O) groups is 1. The van der Waals surface area contributed by atoms with Crippen molar-refractivity contribution in [2.45, 2.75) is 76.7 Å². The van der Waals surface area contributed by atoms with Crippen LogP contribution in [0.4, 0.5) is 0 Å². The Balaban J connectivity index is 1.81. The van der Waals surface area contributed by atoms with Crippen molar-refractivity contribution in [3.8, 4) is 5.75 Å². The van der Waals surface area contributed by atoms with Crippen LogP contribution in [0.15, 0.2) is 24.3 Å². The highest BCUT2D eigenvalue weighted by Gasteiger charge is 2.38. The van der Waals surface area contributed by atoms with E-state index in [4.69, 9.17) is 9.47 Å². The third kappa shape index (κ3) is 5.37. The molecule has 1 aromatic carbocycles. The van der Waals surface area contributed by atoms with E-state index in [1.54, 1.807) is 0 Å². The van der Waals surface area contributed by atoms with Gasteiger partial charge in [0.2, 0.25) is 0 Å². The standard InChI is InChI=1S/C20H32O3Si/c1-6-16(2)17-7-9-18(10-8-17)22-15-19(21)23-20(3)11-13-24(4,5)14-12-20/h7-10,16H,6,11-15H2,1-5H3. The molecule has 1 aliphatic rings. The quantitative estimate of drug-likeness (QED) is 0.511. The first kappa shape index (κ1) is 19.0. The van der Waals surface area contributed by atoms with Gasteiger partial charge < -0.3 is 9.47 Å². The van der Waals surface area contributed by atoms with Crippen molar-refractivity contribution in [3.05, 3.63) is 29.8 Å². The normalized spacial score (nSPS) is 20.2. The molecule has 4 heteroatoms. The molecule has 1 aromatic rings. The van der Waals surface area contributed by atoms with Crippen LogP contribution in [-0.4, -0.2) is 26.3 Å². The lowest BCUT2D eigenvalue weighted by atomic mass is 9.99. The Morgan fingerprint density at radius 1 is 1.21 bits per heavy atom. The van der Waals surface area contributed by atoms with Crippen molar-refractivity contribution < 1.29 is 14.3 Å². The van der Waals surface area contributed by atoms with E-state index in [-0.39, 0.29) is 18.2 Å². The van der Waals surface area contributed by atoms with E-state index in [1.165, 1.54) is 17.7 Å². The molecule has 1 aliphatic heterocycles. The van der Waals surface area contributed by atoms with Crippen LogP contribution in [0.5, 0.6) is 5.75 Å². The third-order valence-corrected chi connectivity index (χ3v) is 8.65. The van der Waals surface area contributed by atoms with Crippen LogP contribution in [0.1, 0.15) is 51.5 Å². The van der Waals surface area contributed by atoms with Crippen molar-refractivity contribution in [1.82, 2.24) is 0 Å². The fraction of sp³-hybridized carbons (Fsp3) is 0.650. The molecule has 134 valence electrons. The van der Waals surface area contributed by atoms with Crippen LogP contribution in [0.3, 0.4) is 0 Å². The molecule has 1 heterocycles. The Morgan fingerprint density at radius 3 is 2.33 bits per heavy atom. The Labute approximate surface area is 147 Å². The van der Waals surface area contributed by atoms with Crippen LogP contribution >= 0.6 is 0 Å².